The van der Waals surface area contributed by atoms with Gasteiger partial charge in [0.2, 0.25) is 0 Å². The van der Waals surface area contributed by atoms with Crippen LogP contribution in [-0.4, -0.2) is 25.8 Å². The summed E-state index contributed by atoms with van der Waals surface area (Å²) < 4.78 is 17.0. The van der Waals surface area contributed by atoms with Crippen LogP contribution >= 0.6 is 22.6 Å². The molecule has 0 spiro atoms. The van der Waals surface area contributed by atoms with E-state index in [1.54, 1.807) is 32.2 Å². The summed E-state index contributed by atoms with van der Waals surface area (Å²) in [7, 11) is 1.58. The number of furan rings is 1. The Kier molecular flexibility index (Phi) is 6.03. The molecule has 1 aromatic heterocycles. The van der Waals surface area contributed by atoms with Gasteiger partial charge in [0.25, 0.3) is 0 Å². The average molecular weight is 428 g/mol. The lowest BCUT2D eigenvalue weighted by atomic mass is 10.2. The molecule has 1 aromatic carbocycles. The largest absolute Gasteiger partial charge is 0.493 e. The molecular weight excluding hydrogens is 411 g/mol. The van der Waals surface area contributed by atoms with Gasteiger partial charge in [0.05, 0.1) is 23.5 Å². The van der Waals surface area contributed by atoms with E-state index < -0.39 is 5.91 Å². The smallest absolute Gasteiger partial charge is 0.307 e. The average Bonchev–Trinajstić information content (AvgIpc) is 2.96. The minimum Gasteiger partial charge on any atom is -0.493 e. The molecule has 0 fully saturated rings. The van der Waals surface area contributed by atoms with Crippen LogP contribution in [0, 0.1) is 10.5 Å². The van der Waals surface area contributed by atoms with Crippen LogP contribution in [0.25, 0.3) is 0 Å². The lowest BCUT2D eigenvalue weighted by molar-refractivity contribution is 0.0926. The number of ether oxygens (including phenoxy) is 2. The highest BCUT2D eigenvalue weighted by Gasteiger charge is 2.11. The number of carbonyl (C=O) groups is 1. The first-order chi connectivity index (χ1) is 11.0. The van der Waals surface area contributed by atoms with Crippen LogP contribution in [-0.2, 0) is 0 Å². The molecule has 2 rings (SSSR count). The van der Waals surface area contributed by atoms with Gasteiger partial charge in [-0.3, -0.25) is 4.79 Å². The third-order valence-electron chi connectivity index (χ3n) is 2.88. The standard InChI is InChI=1S/C16H17IN2O4/c1-4-22-15-12(17)7-11(8-14(15)21-3)9-18-19-16(20)13-6-5-10(2)23-13/h5-9H,4H2,1-3H3,(H,19,20)/b18-9-. The summed E-state index contributed by atoms with van der Waals surface area (Å²) in [4.78, 5) is 11.8. The topological polar surface area (TPSA) is 73.1 Å². The molecule has 0 aliphatic carbocycles. The Morgan fingerprint density at radius 1 is 1.43 bits per heavy atom. The maximum absolute atomic E-state index is 11.8. The van der Waals surface area contributed by atoms with Crippen LogP contribution in [0.3, 0.4) is 0 Å². The molecule has 6 nitrogen and oxygen atoms in total. The van der Waals surface area contributed by atoms with Crippen molar-refractivity contribution >= 4 is 34.7 Å². The van der Waals surface area contributed by atoms with Gasteiger partial charge in [-0.05, 0) is 66.3 Å². The molecule has 7 heteroatoms. The predicted octanol–water partition coefficient (Wildman–Crippen LogP) is 3.36. The number of nitrogens with zero attached hydrogens (tertiary/aromatic N) is 1. The minimum absolute atomic E-state index is 0.221. The van der Waals surface area contributed by atoms with Crippen molar-refractivity contribution in [2.75, 3.05) is 13.7 Å². The Balaban J connectivity index is 2.10. The first-order valence-corrected chi connectivity index (χ1v) is 8.03. The van der Waals surface area contributed by atoms with Crippen molar-refractivity contribution in [1.82, 2.24) is 5.43 Å². The quantitative estimate of drug-likeness (QED) is 0.435. The molecule has 2 aromatic rings. The van der Waals surface area contributed by atoms with Gasteiger partial charge in [-0.15, -0.1) is 0 Å². The molecule has 1 heterocycles. The van der Waals surface area contributed by atoms with E-state index >= 15 is 0 Å². The molecule has 0 saturated heterocycles. The van der Waals surface area contributed by atoms with Crippen LogP contribution in [0.5, 0.6) is 11.5 Å². The summed E-state index contributed by atoms with van der Waals surface area (Å²) in [5, 5.41) is 3.94. The van der Waals surface area contributed by atoms with Crippen LogP contribution < -0.4 is 14.9 Å². The molecule has 122 valence electrons. The molecular formula is C16H17IN2O4. The number of hydrogen-bond donors (Lipinski definition) is 1. The second-order valence-corrected chi connectivity index (χ2v) is 5.74. The summed E-state index contributed by atoms with van der Waals surface area (Å²) in [5.41, 5.74) is 3.20. The molecule has 0 bridgehead atoms. The van der Waals surface area contributed by atoms with Crippen molar-refractivity contribution in [1.29, 1.82) is 0 Å². The van der Waals surface area contributed by atoms with E-state index in [1.165, 1.54) is 6.21 Å². The first-order valence-electron chi connectivity index (χ1n) is 6.95. The van der Waals surface area contributed by atoms with E-state index in [2.05, 4.69) is 33.1 Å². The molecule has 23 heavy (non-hydrogen) atoms. The summed E-state index contributed by atoms with van der Waals surface area (Å²) in [6.45, 7) is 4.24. The van der Waals surface area contributed by atoms with Crippen molar-refractivity contribution in [3.8, 4) is 11.5 Å². The van der Waals surface area contributed by atoms with E-state index in [9.17, 15) is 4.79 Å². The first kappa shape index (κ1) is 17.3. The minimum atomic E-state index is -0.401. The third-order valence-corrected chi connectivity index (χ3v) is 3.69. The van der Waals surface area contributed by atoms with Crippen LogP contribution in [0.2, 0.25) is 0 Å². The fraction of sp³-hybridized carbons (Fsp3) is 0.250. The van der Waals surface area contributed by atoms with Gasteiger partial charge < -0.3 is 13.9 Å². The maximum atomic E-state index is 11.8. The summed E-state index contributed by atoms with van der Waals surface area (Å²) in [5.74, 6) is 1.81. The normalized spacial score (nSPS) is 10.8. The van der Waals surface area contributed by atoms with E-state index in [-0.39, 0.29) is 5.76 Å². The zero-order valence-corrected chi connectivity index (χ0v) is 15.2. The Morgan fingerprint density at radius 3 is 2.83 bits per heavy atom. The number of carbonyl (C=O) groups excluding carboxylic acids is 1. The third kappa shape index (κ3) is 4.47. The van der Waals surface area contributed by atoms with Crippen LogP contribution in [0.15, 0.2) is 33.8 Å². The van der Waals surface area contributed by atoms with Crippen molar-refractivity contribution in [2.24, 2.45) is 5.10 Å². The van der Waals surface area contributed by atoms with Crippen molar-refractivity contribution in [2.45, 2.75) is 13.8 Å². The molecule has 0 aliphatic heterocycles. The van der Waals surface area contributed by atoms with Crippen LogP contribution in [0.1, 0.15) is 28.8 Å². The van der Waals surface area contributed by atoms with Crippen molar-refractivity contribution in [3.05, 3.63) is 44.9 Å². The Bertz CT molecular complexity index is 725. The fourth-order valence-corrected chi connectivity index (χ4v) is 2.66. The van der Waals surface area contributed by atoms with Crippen molar-refractivity contribution < 1.29 is 18.7 Å². The number of nitrogens with one attached hydrogen (secondary N) is 1. The molecule has 0 saturated carbocycles. The zero-order valence-electron chi connectivity index (χ0n) is 13.1. The lowest BCUT2D eigenvalue weighted by Gasteiger charge is -2.11. The molecule has 1 N–H and O–H groups in total. The van der Waals surface area contributed by atoms with Gasteiger partial charge in [0.15, 0.2) is 17.3 Å². The maximum Gasteiger partial charge on any atom is 0.307 e. The molecule has 1 amide bonds. The van der Waals surface area contributed by atoms with Gasteiger partial charge in [-0.2, -0.15) is 5.10 Å². The predicted molar refractivity (Wildman–Crippen MR) is 95.4 cm³/mol. The van der Waals surface area contributed by atoms with E-state index in [0.717, 1.165) is 9.13 Å². The molecule has 0 aliphatic rings. The van der Waals surface area contributed by atoms with Gasteiger partial charge in [-0.1, -0.05) is 0 Å². The van der Waals surface area contributed by atoms with E-state index in [1.807, 2.05) is 13.0 Å². The van der Waals surface area contributed by atoms with Gasteiger partial charge >= 0.3 is 5.91 Å². The number of aryl methyl sites for hydroxylation is 1. The van der Waals surface area contributed by atoms with Gasteiger partial charge in [-0.25, -0.2) is 5.43 Å². The Labute approximate surface area is 148 Å². The fourth-order valence-electron chi connectivity index (χ4n) is 1.88. The summed E-state index contributed by atoms with van der Waals surface area (Å²) in [6, 6.07) is 7.00. The van der Waals surface area contributed by atoms with Gasteiger partial charge in [0.1, 0.15) is 5.76 Å². The number of benzene rings is 1. The number of rotatable bonds is 6. The highest BCUT2D eigenvalue weighted by atomic mass is 127. The molecule has 0 atom stereocenters. The van der Waals surface area contributed by atoms with Crippen molar-refractivity contribution in [3.63, 3.8) is 0 Å². The molecule has 0 radical (unpaired) electrons. The van der Waals surface area contributed by atoms with E-state index in [4.69, 9.17) is 13.9 Å². The number of methoxy groups -OCH3 is 1. The second kappa shape index (κ2) is 8.00. The zero-order chi connectivity index (χ0) is 16.8. The Morgan fingerprint density at radius 2 is 2.22 bits per heavy atom. The monoisotopic (exact) mass is 428 g/mol. The number of amides is 1. The number of halogens is 1. The van der Waals surface area contributed by atoms with Gasteiger partial charge in [0, 0.05) is 0 Å². The lowest BCUT2D eigenvalue weighted by Crippen LogP contribution is -2.16. The van der Waals surface area contributed by atoms with Crippen LogP contribution in [0.4, 0.5) is 0 Å². The number of hydrogen-bond acceptors (Lipinski definition) is 5. The second-order valence-electron chi connectivity index (χ2n) is 4.58. The number of hydrazone groups is 1. The SMILES string of the molecule is CCOc1c(I)cc(/C=N\NC(=O)c2ccc(C)o2)cc1OC. The highest BCUT2D eigenvalue weighted by Crippen LogP contribution is 2.33. The Hall–Kier alpha value is -2.03. The van der Waals surface area contributed by atoms with E-state index in [0.29, 0.717) is 23.9 Å². The summed E-state index contributed by atoms with van der Waals surface area (Å²) in [6.07, 6.45) is 1.54. The summed E-state index contributed by atoms with van der Waals surface area (Å²) >= 11 is 2.17. The highest BCUT2D eigenvalue weighted by molar-refractivity contribution is 14.1. The molecule has 0 unspecified atom stereocenters.